The lowest BCUT2D eigenvalue weighted by Gasteiger charge is -2.24. The molecule has 0 radical (unpaired) electrons. The number of carbonyl (C=O) groups is 1. The Bertz CT molecular complexity index is 507. The van der Waals surface area contributed by atoms with Crippen molar-refractivity contribution in [3.8, 4) is 0 Å². The molecule has 1 N–H and O–H groups in total. The molecule has 0 saturated carbocycles. The van der Waals surface area contributed by atoms with Crippen molar-refractivity contribution in [2.24, 2.45) is 11.3 Å². The summed E-state index contributed by atoms with van der Waals surface area (Å²) in [5.74, 6) is 0.525. The molecule has 2 aliphatic rings. The van der Waals surface area contributed by atoms with Crippen molar-refractivity contribution in [3.63, 3.8) is 0 Å². The number of carbonyl (C=O) groups excluding carboxylic acids is 1. The van der Waals surface area contributed by atoms with Gasteiger partial charge < -0.3 is 19.5 Å². The minimum Gasteiger partial charge on any atom is -0.464 e. The summed E-state index contributed by atoms with van der Waals surface area (Å²) in [6.07, 6.45) is 2.98. The maximum absolute atomic E-state index is 11.3. The monoisotopic (exact) mass is 279 g/mol. The molecule has 7 nitrogen and oxygen atoms in total. The van der Waals surface area contributed by atoms with Gasteiger partial charge >= 0.3 is 5.97 Å². The number of hydrogen-bond acceptors (Lipinski definition) is 7. The highest BCUT2D eigenvalue weighted by molar-refractivity contribution is 5.86. The van der Waals surface area contributed by atoms with Crippen molar-refractivity contribution >= 4 is 11.8 Å². The Balaban J connectivity index is 1.76. The molecule has 108 valence electrons. The van der Waals surface area contributed by atoms with E-state index in [0.717, 1.165) is 6.54 Å². The van der Waals surface area contributed by atoms with Gasteiger partial charge in [0.25, 0.3) is 0 Å². The van der Waals surface area contributed by atoms with E-state index in [9.17, 15) is 9.90 Å². The van der Waals surface area contributed by atoms with Crippen LogP contribution in [0.5, 0.6) is 0 Å². The lowest BCUT2D eigenvalue weighted by Crippen LogP contribution is -2.34. The van der Waals surface area contributed by atoms with Crippen LogP contribution in [-0.4, -0.2) is 61.1 Å². The maximum atomic E-state index is 11.3. The van der Waals surface area contributed by atoms with E-state index in [2.05, 4.69) is 19.6 Å². The van der Waals surface area contributed by atoms with Gasteiger partial charge in [0.1, 0.15) is 5.82 Å². The first-order valence-corrected chi connectivity index (χ1v) is 6.52. The second-order valence-corrected chi connectivity index (χ2v) is 5.36. The van der Waals surface area contributed by atoms with Gasteiger partial charge in [0.2, 0.25) is 0 Å². The van der Waals surface area contributed by atoms with Crippen molar-refractivity contribution in [1.82, 2.24) is 9.97 Å². The van der Waals surface area contributed by atoms with Crippen molar-refractivity contribution in [3.05, 3.63) is 18.1 Å². The zero-order valence-corrected chi connectivity index (χ0v) is 11.3. The fourth-order valence-corrected chi connectivity index (χ4v) is 2.92. The molecule has 0 bridgehead atoms. The molecule has 0 spiro atoms. The van der Waals surface area contributed by atoms with E-state index in [-0.39, 0.29) is 17.7 Å². The van der Waals surface area contributed by atoms with Gasteiger partial charge in [0, 0.05) is 24.4 Å². The minimum atomic E-state index is -0.498. The van der Waals surface area contributed by atoms with Crippen molar-refractivity contribution < 1.29 is 19.4 Å². The SMILES string of the molecule is COC(=O)c1cnc(N2C[C@H]3COC[C@@]3(CO)C2)cn1. The van der Waals surface area contributed by atoms with E-state index in [1.165, 1.54) is 13.3 Å². The van der Waals surface area contributed by atoms with Gasteiger partial charge in [-0.2, -0.15) is 0 Å². The largest absolute Gasteiger partial charge is 0.464 e. The van der Waals surface area contributed by atoms with Gasteiger partial charge in [-0.05, 0) is 0 Å². The second-order valence-electron chi connectivity index (χ2n) is 5.36. The van der Waals surface area contributed by atoms with Crippen LogP contribution in [0.3, 0.4) is 0 Å². The Labute approximate surface area is 116 Å². The Morgan fingerprint density at radius 2 is 2.45 bits per heavy atom. The van der Waals surface area contributed by atoms with Crippen LogP contribution in [-0.2, 0) is 9.47 Å². The van der Waals surface area contributed by atoms with E-state index < -0.39 is 5.97 Å². The molecule has 1 aromatic heterocycles. The molecule has 0 aromatic carbocycles. The lowest BCUT2D eigenvalue weighted by atomic mass is 9.82. The molecule has 20 heavy (non-hydrogen) atoms. The van der Waals surface area contributed by atoms with Gasteiger partial charge in [0.15, 0.2) is 5.69 Å². The lowest BCUT2D eigenvalue weighted by molar-refractivity contribution is 0.0593. The smallest absolute Gasteiger partial charge is 0.358 e. The topological polar surface area (TPSA) is 84.8 Å². The minimum absolute atomic E-state index is 0.113. The fraction of sp³-hybridized carbons (Fsp3) is 0.615. The normalized spacial score (nSPS) is 28.5. The van der Waals surface area contributed by atoms with E-state index in [1.807, 2.05) is 0 Å². The van der Waals surface area contributed by atoms with Gasteiger partial charge in [-0.3, -0.25) is 0 Å². The maximum Gasteiger partial charge on any atom is 0.358 e. The van der Waals surface area contributed by atoms with Gasteiger partial charge in [0.05, 0.1) is 39.3 Å². The number of aromatic nitrogens is 2. The van der Waals surface area contributed by atoms with Gasteiger partial charge in [-0.15, -0.1) is 0 Å². The summed E-state index contributed by atoms with van der Waals surface area (Å²) in [4.78, 5) is 21.7. The standard InChI is InChI=1S/C13H17N3O4/c1-19-12(18)10-2-15-11(3-14-10)16-4-9-5-20-8-13(9,6-16)7-17/h2-3,9,17H,4-8H2,1H3/t9-,13-/m0/s1. The highest BCUT2D eigenvalue weighted by atomic mass is 16.5. The van der Waals surface area contributed by atoms with Crippen LogP contribution in [0, 0.1) is 11.3 Å². The second kappa shape index (κ2) is 4.99. The number of hydrogen-bond donors (Lipinski definition) is 1. The molecule has 2 saturated heterocycles. The fourth-order valence-electron chi connectivity index (χ4n) is 2.92. The molecular formula is C13H17N3O4. The number of ether oxygens (including phenoxy) is 2. The summed E-state index contributed by atoms with van der Waals surface area (Å²) < 4.78 is 10.1. The third-order valence-corrected chi connectivity index (χ3v) is 4.19. The Morgan fingerprint density at radius 3 is 3.05 bits per heavy atom. The first-order chi connectivity index (χ1) is 9.68. The van der Waals surface area contributed by atoms with Crippen molar-refractivity contribution in [1.29, 1.82) is 0 Å². The van der Waals surface area contributed by atoms with Crippen LogP contribution in [0.1, 0.15) is 10.5 Å². The molecule has 0 amide bonds. The van der Waals surface area contributed by atoms with Gasteiger partial charge in [-0.25, -0.2) is 14.8 Å². The number of fused-ring (bicyclic) bond motifs is 1. The van der Waals surface area contributed by atoms with Crippen LogP contribution in [0.25, 0.3) is 0 Å². The number of aliphatic hydroxyl groups excluding tert-OH is 1. The molecule has 3 heterocycles. The van der Waals surface area contributed by atoms with Crippen LogP contribution < -0.4 is 4.90 Å². The molecule has 2 aliphatic heterocycles. The molecule has 1 aromatic rings. The summed E-state index contributed by atoms with van der Waals surface area (Å²) in [6, 6.07) is 0. The first kappa shape index (κ1) is 13.3. The molecule has 7 heteroatoms. The van der Waals surface area contributed by atoms with Crippen LogP contribution in [0.4, 0.5) is 5.82 Å². The predicted octanol–water partition coefficient (Wildman–Crippen LogP) is -0.292. The van der Waals surface area contributed by atoms with E-state index in [0.29, 0.717) is 31.5 Å². The number of methoxy groups -OCH3 is 1. The van der Waals surface area contributed by atoms with Crippen LogP contribution in [0.15, 0.2) is 12.4 Å². The van der Waals surface area contributed by atoms with Crippen LogP contribution in [0.2, 0.25) is 0 Å². The van der Waals surface area contributed by atoms with E-state index in [4.69, 9.17) is 4.74 Å². The Kier molecular flexibility index (Phi) is 3.31. The first-order valence-electron chi connectivity index (χ1n) is 6.52. The number of rotatable bonds is 3. The summed E-state index contributed by atoms with van der Waals surface area (Å²) in [7, 11) is 1.31. The summed E-state index contributed by atoms with van der Waals surface area (Å²) in [5.41, 5.74) is -0.00117. The molecule has 0 aliphatic carbocycles. The van der Waals surface area contributed by atoms with Gasteiger partial charge in [-0.1, -0.05) is 0 Å². The Morgan fingerprint density at radius 1 is 1.60 bits per heavy atom. The average molecular weight is 279 g/mol. The predicted molar refractivity (Wildman–Crippen MR) is 69.4 cm³/mol. The molecular weight excluding hydrogens is 262 g/mol. The zero-order chi connectivity index (χ0) is 14.2. The third-order valence-electron chi connectivity index (χ3n) is 4.19. The number of esters is 1. The van der Waals surface area contributed by atoms with Crippen molar-refractivity contribution in [2.75, 3.05) is 44.9 Å². The number of aliphatic hydroxyl groups is 1. The summed E-state index contributed by atoms with van der Waals surface area (Å²) in [6.45, 7) is 2.85. The molecule has 3 rings (SSSR count). The highest BCUT2D eigenvalue weighted by Gasteiger charge is 2.50. The zero-order valence-electron chi connectivity index (χ0n) is 11.3. The molecule has 2 fully saturated rings. The molecule has 2 atom stereocenters. The quantitative estimate of drug-likeness (QED) is 0.761. The van der Waals surface area contributed by atoms with E-state index in [1.54, 1.807) is 6.20 Å². The average Bonchev–Trinajstić information content (AvgIpc) is 3.03. The highest BCUT2D eigenvalue weighted by Crippen LogP contribution is 2.41. The summed E-state index contributed by atoms with van der Waals surface area (Å²) >= 11 is 0. The number of nitrogens with zero attached hydrogens (tertiary/aromatic N) is 3. The molecule has 0 unspecified atom stereocenters. The van der Waals surface area contributed by atoms with Crippen LogP contribution >= 0.6 is 0 Å². The van der Waals surface area contributed by atoms with Crippen molar-refractivity contribution in [2.45, 2.75) is 0 Å². The van der Waals surface area contributed by atoms with E-state index >= 15 is 0 Å². The number of anilines is 1. The summed E-state index contributed by atoms with van der Waals surface area (Å²) in [5, 5.41) is 9.64. The third kappa shape index (κ3) is 2.03. The Hall–Kier alpha value is -1.73.